The first-order chi connectivity index (χ1) is 12.9. The summed E-state index contributed by atoms with van der Waals surface area (Å²) in [7, 11) is 3.25. The lowest BCUT2D eigenvalue weighted by atomic mass is 10.1. The van der Waals surface area contributed by atoms with Crippen molar-refractivity contribution in [1.29, 1.82) is 0 Å². The summed E-state index contributed by atoms with van der Waals surface area (Å²) < 4.78 is 15.6. The van der Waals surface area contributed by atoms with E-state index in [0.29, 0.717) is 30.7 Å². The van der Waals surface area contributed by atoms with Crippen LogP contribution < -0.4 is 15.7 Å². The molecule has 0 aliphatic heterocycles. The average Bonchev–Trinajstić information content (AvgIpc) is 2.66. The van der Waals surface area contributed by atoms with E-state index in [4.69, 9.17) is 13.9 Å². The summed E-state index contributed by atoms with van der Waals surface area (Å²) >= 11 is 0. The summed E-state index contributed by atoms with van der Waals surface area (Å²) in [5.74, 6) is 0.959. The normalized spacial score (nSPS) is 11.9. The molecular formula is C21H27NO5. The molecule has 0 radical (unpaired) electrons. The van der Waals surface area contributed by atoms with Gasteiger partial charge in [0.05, 0.1) is 13.2 Å². The molecule has 6 nitrogen and oxygen atoms in total. The van der Waals surface area contributed by atoms with E-state index in [2.05, 4.69) is 5.32 Å². The summed E-state index contributed by atoms with van der Waals surface area (Å²) in [5.41, 5.74) is 1.20. The van der Waals surface area contributed by atoms with Crippen molar-refractivity contribution in [3.8, 4) is 5.75 Å². The monoisotopic (exact) mass is 373 g/mol. The van der Waals surface area contributed by atoms with Crippen molar-refractivity contribution in [2.75, 3.05) is 20.8 Å². The summed E-state index contributed by atoms with van der Waals surface area (Å²) in [6.07, 6.45) is 2.03. The molecule has 0 saturated carbocycles. The van der Waals surface area contributed by atoms with Gasteiger partial charge < -0.3 is 19.2 Å². The highest BCUT2D eigenvalue weighted by Gasteiger charge is 2.17. The zero-order chi connectivity index (χ0) is 19.8. The van der Waals surface area contributed by atoms with Gasteiger partial charge in [0.1, 0.15) is 17.1 Å². The fourth-order valence-corrected chi connectivity index (χ4v) is 2.72. The van der Waals surface area contributed by atoms with Gasteiger partial charge in [-0.3, -0.25) is 4.79 Å². The molecule has 0 aliphatic rings. The molecule has 1 N–H and O–H groups in total. The van der Waals surface area contributed by atoms with Gasteiger partial charge in [0.2, 0.25) is 0 Å². The Bertz CT molecular complexity index is 810. The molecule has 1 unspecified atom stereocenters. The molecule has 2 rings (SSSR count). The molecular weight excluding hydrogens is 346 g/mol. The molecule has 0 spiro atoms. The smallest absolute Gasteiger partial charge is 0.349 e. The standard InChI is InChI=1S/C21H27NO5/c1-14-13-18(10-7-16-5-8-17(26-4)9-6-16)27-21(24)19(14)20(23)22-12-11-15(2)25-3/h5-6,8-9,13,15H,7,10-12H2,1-4H3,(H,22,23). The third-order valence-corrected chi connectivity index (χ3v) is 4.48. The number of methoxy groups -OCH3 is 2. The number of carbonyl (C=O) groups is 1. The Labute approximate surface area is 159 Å². The van der Waals surface area contributed by atoms with E-state index in [-0.39, 0.29) is 11.7 Å². The number of hydrogen-bond donors (Lipinski definition) is 1. The van der Waals surface area contributed by atoms with Gasteiger partial charge in [-0.2, -0.15) is 0 Å². The van der Waals surface area contributed by atoms with E-state index in [1.807, 2.05) is 31.2 Å². The van der Waals surface area contributed by atoms with Crippen LogP contribution >= 0.6 is 0 Å². The Balaban J connectivity index is 2.00. The van der Waals surface area contributed by atoms with Gasteiger partial charge in [-0.15, -0.1) is 0 Å². The van der Waals surface area contributed by atoms with Crippen LogP contribution in [0.25, 0.3) is 0 Å². The van der Waals surface area contributed by atoms with Crippen LogP contribution in [0.5, 0.6) is 5.75 Å². The largest absolute Gasteiger partial charge is 0.497 e. The Morgan fingerprint density at radius 2 is 1.89 bits per heavy atom. The molecule has 1 atom stereocenters. The summed E-state index contributed by atoms with van der Waals surface area (Å²) in [4.78, 5) is 24.6. The highest BCUT2D eigenvalue weighted by atomic mass is 16.5. The summed E-state index contributed by atoms with van der Waals surface area (Å²) in [5, 5.41) is 2.74. The number of benzene rings is 1. The second-order valence-electron chi connectivity index (χ2n) is 6.50. The number of carbonyl (C=O) groups excluding carboxylic acids is 1. The first-order valence-corrected chi connectivity index (χ1v) is 9.02. The first kappa shape index (κ1) is 20.7. The number of hydrogen-bond acceptors (Lipinski definition) is 5. The van der Waals surface area contributed by atoms with Crippen LogP contribution in [-0.2, 0) is 17.6 Å². The molecule has 6 heteroatoms. The van der Waals surface area contributed by atoms with Crippen LogP contribution in [-0.4, -0.2) is 32.8 Å². The Hall–Kier alpha value is -2.60. The second kappa shape index (κ2) is 9.92. The van der Waals surface area contributed by atoms with Crippen molar-refractivity contribution in [3.63, 3.8) is 0 Å². The van der Waals surface area contributed by atoms with Crippen molar-refractivity contribution < 1.29 is 18.7 Å². The van der Waals surface area contributed by atoms with E-state index < -0.39 is 11.5 Å². The van der Waals surface area contributed by atoms with E-state index in [0.717, 1.165) is 17.7 Å². The quantitative estimate of drug-likeness (QED) is 0.731. The minimum Gasteiger partial charge on any atom is -0.497 e. The van der Waals surface area contributed by atoms with Gasteiger partial charge in [0.15, 0.2) is 0 Å². The van der Waals surface area contributed by atoms with Crippen LogP contribution in [0.2, 0.25) is 0 Å². The van der Waals surface area contributed by atoms with Crippen molar-refractivity contribution in [2.24, 2.45) is 0 Å². The SMILES string of the molecule is COc1ccc(CCc2cc(C)c(C(=O)NCCC(C)OC)c(=O)o2)cc1. The molecule has 27 heavy (non-hydrogen) atoms. The molecule has 0 aliphatic carbocycles. The number of amides is 1. The zero-order valence-corrected chi connectivity index (χ0v) is 16.3. The number of nitrogens with one attached hydrogen (secondary N) is 1. The summed E-state index contributed by atoms with van der Waals surface area (Å²) in [6, 6.07) is 9.51. The number of rotatable bonds is 9. The topological polar surface area (TPSA) is 77.8 Å². The maximum Gasteiger partial charge on any atom is 0.349 e. The Morgan fingerprint density at radius 3 is 2.48 bits per heavy atom. The maximum atomic E-state index is 12.3. The Kier molecular flexibility index (Phi) is 7.61. The fourth-order valence-electron chi connectivity index (χ4n) is 2.72. The van der Waals surface area contributed by atoms with Gasteiger partial charge >= 0.3 is 5.63 Å². The highest BCUT2D eigenvalue weighted by molar-refractivity contribution is 5.95. The predicted molar refractivity (Wildman–Crippen MR) is 104 cm³/mol. The highest BCUT2D eigenvalue weighted by Crippen LogP contribution is 2.14. The molecule has 1 amide bonds. The number of aryl methyl sites for hydroxylation is 3. The van der Waals surface area contributed by atoms with Crippen molar-refractivity contribution in [2.45, 2.75) is 39.2 Å². The molecule has 1 heterocycles. The van der Waals surface area contributed by atoms with Gasteiger partial charge in [-0.25, -0.2) is 4.79 Å². The molecule has 1 aromatic carbocycles. The van der Waals surface area contributed by atoms with E-state index in [1.165, 1.54) is 0 Å². The fraction of sp³-hybridized carbons (Fsp3) is 0.429. The van der Waals surface area contributed by atoms with E-state index in [9.17, 15) is 9.59 Å². The maximum absolute atomic E-state index is 12.3. The average molecular weight is 373 g/mol. The Morgan fingerprint density at radius 1 is 1.19 bits per heavy atom. The van der Waals surface area contributed by atoms with Crippen molar-refractivity contribution in [3.05, 3.63) is 63.2 Å². The van der Waals surface area contributed by atoms with Crippen LogP contribution in [0.3, 0.4) is 0 Å². The van der Waals surface area contributed by atoms with Crippen LogP contribution in [0.4, 0.5) is 0 Å². The van der Waals surface area contributed by atoms with Gasteiger partial charge in [0.25, 0.3) is 5.91 Å². The van der Waals surface area contributed by atoms with Gasteiger partial charge in [-0.1, -0.05) is 12.1 Å². The third kappa shape index (κ3) is 5.96. The summed E-state index contributed by atoms with van der Waals surface area (Å²) in [6.45, 7) is 4.11. The van der Waals surface area contributed by atoms with Gasteiger partial charge in [-0.05, 0) is 56.0 Å². The molecule has 1 aromatic heterocycles. The second-order valence-corrected chi connectivity index (χ2v) is 6.50. The van der Waals surface area contributed by atoms with Crippen LogP contribution in [0.15, 0.2) is 39.5 Å². The van der Waals surface area contributed by atoms with Crippen molar-refractivity contribution in [1.82, 2.24) is 5.32 Å². The minimum absolute atomic E-state index is 0.0446. The first-order valence-electron chi connectivity index (χ1n) is 9.02. The lowest BCUT2D eigenvalue weighted by Crippen LogP contribution is -2.31. The van der Waals surface area contributed by atoms with Crippen LogP contribution in [0.1, 0.15) is 40.6 Å². The lowest BCUT2D eigenvalue weighted by Gasteiger charge is -2.11. The predicted octanol–water partition coefficient (Wildman–Crippen LogP) is 2.90. The van der Waals surface area contributed by atoms with Gasteiger partial charge in [0, 0.05) is 20.1 Å². The molecule has 2 aromatic rings. The van der Waals surface area contributed by atoms with E-state index in [1.54, 1.807) is 27.2 Å². The number of ether oxygens (including phenoxy) is 2. The minimum atomic E-state index is -0.600. The molecule has 0 fully saturated rings. The van der Waals surface area contributed by atoms with E-state index >= 15 is 0 Å². The molecule has 0 saturated heterocycles. The molecule has 146 valence electrons. The van der Waals surface area contributed by atoms with Crippen LogP contribution in [0, 0.1) is 6.92 Å². The molecule has 0 bridgehead atoms. The van der Waals surface area contributed by atoms with Crippen molar-refractivity contribution >= 4 is 5.91 Å². The lowest BCUT2D eigenvalue weighted by molar-refractivity contribution is 0.0913. The zero-order valence-electron chi connectivity index (χ0n) is 16.3. The third-order valence-electron chi connectivity index (χ3n) is 4.48.